The van der Waals surface area contributed by atoms with Gasteiger partial charge < -0.3 is 25.2 Å². The molecule has 0 amide bonds. The van der Waals surface area contributed by atoms with Gasteiger partial charge in [0.2, 0.25) is 0 Å². The fourth-order valence-electron chi connectivity index (χ4n) is 2.55. The lowest BCUT2D eigenvalue weighted by Crippen LogP contribution is -2.24. The maximum absolute atomic E-state index is 8.75. The molecule has 2 aromatic rings. The molecule has 6 heteroatoms. The standard InChI is InChI=1S/C20H27BrN2O3/c1-25-19-9-8-18(21)17(14-23-11-5-10-22-12-13-24)20(19)26-15-16-6-3-2-4-7-16/h2-4,6-9,22-24H,5,10-15H2,1H3. The smallest absolute Gasteiger partial charge is 0.167 e. The predicted octanol–water partition coefficient (Wildman–Crippen LogP) is 3.10. The molecule has 0 heterocycles. The molecule has 0 unspecified atom stereocenters. The third kappa shape index (κ3) is 6.61. The highest BCUT2D eigenvalue weighted by atomic mass is 79.9. The Bertz CT molecular complexity index is 653. The van der Waals surface area contributed by atoms with Gasteiger partial charge in [-0.1, -0.05) is 46.3 Å². The van der Waals surface area contributed by atoms with Crippen molar-refractivity contribution in [1.82, 2.24) is 10.6 Å². The van der Waals surface area contributed by atoms with Crippen LogP contribution in [-0.2, 0) is 13.2 Å². The van der Waals surface area contributed by atoms with Gasteiger partial charge in [0, 0.05) is 23.1 Å². The third-order valence-corrected chi connectivity index (χ3v) is 4.65. The molecule has 0 fully saturated rings. The predicted molar refractivity (Wildman–Crippen MR) is 108 cm³/mol. The summed E-state index contributed by atoms with van der Waals surface area (Å²) >= 11 is 3.62. The van der Waals surface area contributed by atoms with Crippen molar-refractivity contribution in [2.24, 2.45) is 0 Å². The van der Waals surface area contributed by atoms with Crippen molar-refractivity contribution >= 4 is 15.9 Å². The van der Waals surface area contributed by atoms with Gasteiger partial charge in [0.25, 0.3) is 0 Å². The number of hydrogen-bond donors (Lipinski definition) is 3. The monoisotopic (exact) mass is 422 g/mol. The largest absolute Gasteiger partial charge is 0.493 e. The van der Waals surface area contributed by atoms with Gasteiger partial charge >= 0.3 is 0 Å². The molecule has 0 aliphatic carbocycles. The first kappa shape index (κ1) is 20.7. The number of aliphatic hydroxyl groups excluding tert-OH is 1. The van der Waals surface area contributed by atoms with Gasteiger partial charge in [-0.25, -0.2) is 0 Å². The lowest BCUT2D eigenvalue weighted by molar-refractivity contribution is 0.280. The van der Waals surface area contributed by atoms with Crippen LogP contribution >= 0.6 is 15.9 Å². The highest BCUT2D eigenvalue weighted by Crippen LogP contribution is 2.36. The second kappa shape index (κ2) is 11.9. The summed E-state index contributed by atoms with van der Waals surface area (Å²) in [7, 11) is 1.66. The number of hydrogen-bond acceptors (Lipinski definition) is 5. The van der Waals surface area contributed by atoms with Gasteiger partial charge in [-0.3, -0.25) is 0 Å². The van der Waals surface area contributed by atoms with E-state index in [2.05, 4.69) is 26.6 Å². The molecule has 0 radical (unpaired) electrons. The molecule has 0 aromatic heterocycles. The van der Waals surface area contributed by atoms with E-state index >= 15 is 0 Å². The van der Waals surface area contributed by atoms with E-state index in [9.17, 15) is 0 Å². The molecule has 0 saturated carbocycles. The number of nitrogens with one attached hydrogen (secondary N) is 2. The molecule has 0 spiro atoms. The van der Waals surface area contributed by atoms with Crippen LogP contribution in [0.5, 0.6) is 11.5 Å². The van der Waals surface area contributed by atoms with Crippen molar-refractivity contribution in [2.75, 3.05) is 33.4 Å². The molecule has 5 nitrogen and oxygen atoms in total. The van der Waals surface area contributed by atoms with Crippen molar-refractivity contribution in [3.63, 3.8) is 0 Å². The van der Waals surface area contributed by atoms with Gasteiger partial charge in [-0.05, 0) is 37.2 Å². The molecule has 142 valence electrons. The second-order valence-electron chi connectivity index (χ2n) is 5.84. The van der Waals surface area contributed by atoms with E-state index in [1.807, 2.05) is 42.5 Å². The number of aliphatic hydroxyl groups is 1. The van der Waals surface area contributed by atoms with Gasteiger partial charge in [0.1, 0.15) is 6.61 Å². The zero-order valence-corrected chi connectivity index (χ0v) is 16.7. The van der Waals surface area contributed by atoms with Crippen LogP contribution in [-0.4, -0.2) is 38.5 Å². The van der Waals surface area contributed by atoms with Crippen molar-refractivity contribution in [1.29, 1.82) is 0 Å². The van der Waals surface area contributed by atoms with E-state index in [1.54, 1.807) is 7.11 Å². The Hall–Kier alpha value is -1.60. The van der Waals surface area contributed by atoms with Crippen molar-refractivity contribution in [2.45, 2.75) is 19.6 Å². The fraction of sp³-hybridized carbons (Fsp3) is 0.400. The Morgan fingerprint density at radius 2 is 1.77 bits per heavy atom. The molecular weight excluding hydrogens is 396 g/mol. The summed E-state index contributed by atoms with van der Waals surface area (Å²) < 4.78 is 12.6. The minimum Gasteiger partial charge on any atom is -0.493 e. The molecule has 0 atom stereocenters. The third-order valence-electron chi connectivity index (χ3n) is 3.91. The van der Waals surface area contributed by atoms with Crippen LogP contribution < -0.4 is 20.1 Å². The first-order valence-corrected chi connectivity index (χ1v) is 9.60. The van der Waals surface area contributed by atoms with Crippen LogP contribution in [0, 0.1) is 0 Å². The van der Waals surface area contributed by atoms with Crippen LogP contribution in [0.25, 0.3) is 0 Å². The first-order chi connectivity index (χ1) is 12.8. The Morgan fingerprint density at radius 3 is 2.50 bits per heavy atom. The number of benzene rings is 2. The molecule has 3 N–H and O–H groups in total. The second-order valence-corrected chi connectivity index (χ2v) is 6.69. The molecule has 26 heavy (non-hydrogen) atoms. The van der Waals surface area contributed by atoms with E-state index in [-0.39, 0.29) is 6.61 Å². The van der Waals surface area contributed by atoms with E-state index in [1.165, 1.54) is 0 Å². The zero-order valence-electron chi connectivity index (χ0n) is 15.1. The van der Waals surface area contributed by atoms with Crippen molar-refractivity contribution < 1.29 is 14.6 Å². The molecule has 2 aromatic carbocycles. The van der Waals surface area contributed by atoms with E-state index < -0.39 is 0 Å². The lowest BCUT2D eigenvalue weighted by atomic mass is 10.1. The highest BCUT2D eigenvalue weighted by Gasteiger charge is 2.14. The van der Waals surface area contributed by atoms with Crippen LogP contribution in [0.2, 0.25) is 0 Å². The minimum atomic E-state index is 0.173. The van der Waals surface area contributed by atoms with Crippen LogP contribution in [0.3, 0.4) is 0 Å². The topological polar surface area (TPSA) is 62.8 Å². The summed E-state index contributed by atoms with van der Waals surface area (Å²) in [5.74, 6) is 1.49. The molecule has 0 aliphatic rings. The van der Waals surface area contributed by atoms with Gasteiger partial charge in [-0.2, -0.15) is 0 Å². The lowest BCUT2D eigenvalue weighted by Gasteiger charge is -2.17. The Balaban J connectivity index is 1.97. The SMILES string of the molecule is COc1ccc(Br)c(CNCCCNCCO)c1OCc1ccccc1. The van der Waals surface area contributed by atoms with Gasteiger partial charge in [-0.15, -0.1) is 0 Å². The first-order valence-electron chi connectivity index (χ1n) is 8.80. The van der Waals surface area contributed by atoms with Gasteiger partial charge in [0.05, 0.1) is 13.7 Å². The maximum Gasteiger partial charge on any atom is 0.167 e. The van der Waals surface area contributed by atoms with Crippen molar-refractivity contribution in [3.05, 3.63) is 58.1 Å². The van der Waals surface area contributed by atoms with E-state index in [4.69, 9.17) is 14.6 Å². The summed E-state index contributed by atoms with van der Waals surface area (Å²) in [5.41, 5.74) is 2.16. The Morgan fingerprint density at radius 1 is 1.00 bits per heavy atom. The Labute approximate surface area is 163 Å². The summed E-state index contributed by atoms with van der Waals surface area (Å²) in [6, 6.07) is 14.0. The number of ether oxygens (including phenoxy) is 2. The normalized spacial score (nSPS) is 10.7. The maximum atomic E-state index is 8.75. The Kier molecular flexibility index (Phi) is 9.48. The summed E-state index contributed by atoms with van der Waals surface area (Å²) in [6.07, 6.45) is 0.988. The van der Waals surface area contributed by atoms with E-state index in [0.29, 0.717) is 19.7 Å². The summed E-state index contributed by atoms with van der Waals surface area (Å²) in [6.45, 7) is 3.74. The van der Waals surface area contributed by atoms with Crippen LogP contribution in [0.1, 0.15) is 17.5 Å². The molecule has 0 aliphatic heterocycles. The quantitative estimate of drug-likeness (QED) is 0.458. The average Bonchev–Trinajstić information content (AvgIpc) is 2.67. The number of rotatable bonds is 12. The molecule has 0 saturated heterocycles. The van der Waals surface area contributed by atoms with Crippen molar-refractivity contribution in [3.8, 4) is 11.5 Å². The summed E-state index contributed by atoms with van der Waals surface area (Å²) in [4.78, 5) is 0. The number of halogens is 1. The summed E-state index contributed by atoms with van der Waals surface area (Å²) in [5, 5.41) is 15.4. The number of methoxy groups -OCH3 is 1. The fourth-order valence-corrected chi connectivity index (χ4v) is 3.00. The zero-order chi connectivity index (χ0) is 18.6. The van der Waals surface area contributed by atoms with E-state index in [0.717, 1.165) is 46.6 Å². The van der Waals surface area contributed by atoms with Crippen LogP contribution in [0.15, 0.2) is 46.9 Å². The minimum absolute atomic E-state index is 0.173. The molecule has 2 rings (SSSR count). The van der Waals surface area contributed by atoms with Gasteiger partial charge in [0.15, 0.2) is 11.5 Å². The van der Waals surface area contributed by atoms with Crippen LogP contribution in [0.4, 0.5) is 0 Å². The molecular formula is C20H27BrN2O3. The highest BCUT2D eigenvalue weighted by molar-refractivity contribution is 9.10. The molecule has 0 bridgehead atoms. The average molecular weight is 423 g/mol.